The third kappa shape index (κ3) is 9.30. The number of carbonyl (C=O) groups excluding carboxylic acids is 3. The number of benzene rings is 1. The van der Waals surface area contributed by atoms with Crippen molar-refractivity contribution in [3.05, 3.63) is 46.8 Å². The van der Waals surface area contributed by atoms with Crippen molar-refractivity contribution in [1.82, 2.24) is 9.13 Å². The summed E-state index contributed by atoms with van der Waals surface area (Å²) in [5.74, 6) is -0.525. The Labute approximate surface area is 262 Å². The number of aromatic hydroxyl groups is 1. The molecule has 1 aromatic heterocycles. The van der Waals surface area contributed by atoms with Crippen LogP contribution in [0.3, 0.4) is 0 Å². The molecule has 0 aliphatic heterocycles. The van der Waals surface area contributed by atoms with Crippen molar-refractivity contribution < 1.29 is 33.7 Å². The maximum Gasteiger partial charge on any atom is 0.439 e. The number of phenols is 1. The number of nitrogens with zero attached hydrogens (tertiary/aromatic N) is 3. The lowest BCUT2D eigenvalue weighted by atomic mass is 9.78. The van der Waals surface area contributed by atoms with Gasteiger partial charge in [0.15, 0.2) is 5.78 Å². The van der Waals surface area contributed by atoms with Crippen LogP contribution in [0.15, 0.2) is 29.5 Å². The predicted molar refractivity (Wildman–Crippen MR) is 170 cm³/mol. The van der Waals surface area contributed by atoms with E-state index in [1.807, 2.05) is 41.5 Å². The molecule has 0 aliphatic carbocycles. The molecular weight excluding hydrogens is 562 g/mol. The number of ketones is 1. The van der Waals surface area contributed by atoms with Gasteiger partial charge in [-0.1, -0.05) is 55.4 Å². The van der Waals surface area contributed by atoms with Gasteiger partial charge in [0.05, 0.1) is 17.6 Å². The Morgan fingerprint density at radius 1 is 0.841 bits per heavy atom. The summed E-state index contributed by atoms with van der Waals surface area (Å²) in [6.45, 7) is 21.0. The zero-order valence-electron chi connectivity index (χ0n) is 28.8. The van der Waals surface area contributed by atoms with E-state index >= 15 is 0 Å². The van der Waals surface area contributed by atoms with Crippen LogP contribution in [0.1, 0.15) is 117 Å². The molecule has 0 fully saturated rings. The molecule has 0 saturated carbocycles. The number of hydrogen-bond acceptors (Lipinski definition) is 7. The standard InChI is InChI=1S/C34H53N3O7/c1-13-34(14-2,42-12)15-16-36-17-18-37(29(36)35-30(41)44-22-43-28(40)33(9,10)11)21-26(38)23-19-24(31(3,4)5)27(39)25(20-23)32(6,7)8/h17-20,39H,13-16,21-22H2,1-12H3. The Morgan fingerprint density at radius 2 is 1.36 bits per heavy atom. The Balaban J connectivity index is 2.52. The molecular formula is C34H53N3O7. The van der Waals surface area contributed by atoms with Crippen molar-refractivity contribution >= 4 is 17.8 Å². The smallest absolute Gasteiger partial charge is 0.439 e. The molecule has 10 heteroatoms. The van der Waals surface area contributed by atoms with E-state index < -0.39 is 35.1 Å². The second kappa shape index (κ2) is 14.1. The zero-order valence-corrected chi connectivity index (χ0v) is 28.8. The number of methoxy groups -OCH3 is 1. The summed E-state index contributed by atoms with van der Waals surface area (Å²) in [6, 6.07) is 3.49. The summed E-state index contributed by atoms with van der Waals surface area (Å²) in [5.41, 5.74) is 0.149. The summed E-state index contributed by atoms with van der Waals surface area (Å²) in [5, 5.41) is 11.1. The lowest BCUT2D eigenvalue weighted by molar-refractivity contribution is -0.161. The number of aryl methyl sites for hydroxylation is 1. The second-order valence-electron chi connectivity index (χ2n) is 14.4. The number of Topliss-reactive ketones (excluding diaryl/α,β-unsaturated/α-hetero) is 1. The van der Waals surface area contributed by atoms with Crippen LogP contribution in [0.2, 0.25) is 0 Å². The molecule has 10 nitrogen and oxygen atoms in total. The van der Waals surface area contributed by atoms with Crippen LogP contribution in [-0.4, -0.2) is 51.6 Å². The number of carbonyl (C=O) groups is 3. The second-order valence-corrected chi connectivity index (χ2v) is 14.4. The topological polar surface area (TPSA) is 121 Å². The minimum atomic E-state index is -0.952. The van der Waals surface area contributed by atoms with Gasteiger partial charge in [0.1, 0.15) is 5.75 Å². The van der Waals surface area contributed by atoms with Crippen LogP contribution in [0.25, 0.3) is 0 Å². The number of phenolic OH excluding ortho intramolecular Hbond substituents is 1. The minimum Gasteiger partial charge on any atom is -0.507 e. The maximum atomic E-state index is 13.8. The van der Waals surface area contributed by atoms with Crippen LogP contribution < -0.4 is 5.62 Å². The van der Waals surface area contributed by atoms with Crippen molar-refractivity contribution in [3.8, 4) is 5.75 Å². The highest BCUT2D eigenvalue weighted by atomic mass is 16.7. The quantitative estimate of drug-likeness (QED) is 0.171. The van der Waals surface area contributed by atoms with Crippen LogP contribution in [0.4, 0.5) is 4.79 Å². The van der Waals surface area contributed by atoms with Gasteiger partial charge in [-0.2, -0.15) is 0 Å². The largest absolute Gasteiger partial charge is 0.507 e. The minimum absolute atomic E-state index is 0.104. The molecule has 0 radical (unpaired) electrons. The van der Waals surface area contributed by atoms with Crippen LogP contribution in [0, 0.1) is 5.41 Å². The molecule has 2 aromatic rings. The van der Waals surface area contributed by atoms with Gasteiger partial charge in [-0.25, -0.2) is 4.79 Å². The van der Waals surface area contributed by atoms with Crippen LogP contribution >= 0.6 is 0 Å². The molecule has 1 heterocycles. The molecule has 246 valence electrons. The van der Waals surface area contributed by atoms with Gasteiger partial charge in [0, 0.05) is 42.7 Å². The first-order chi connectivity index (χ1) is 20.2. The first kappa shape index (κ1) is 36.8. The lowest BCUT2D eigenvalue weighted by Gasteiger charge is -2.30. The third-order valence-electron chi connectivity index (χ3n) is 8.01. The summed E-state index contributed by atoms with van der Waals surface area (Å²) in [7, 11) is 1.69. The number of ether oxygens (including phenoxy) is 3. The maximum absolute atomic E-state index is 13.8. The zero-order chi connectivity index (χ0) is 33.7. The normalized spacial score (nSPS) is 13.2. The number of aromatic nitrogens is 2. The van der Waals surface area contributed by atoms with E-state index in [4.69, 9.17) is 14.2 Å². The van der Waals surface area contributed by atoms with Crippen molar-refractivity contribution in [2.75, 3.05) is 13.9 Å². The number of rotatable bonds is 11. The van der Waals surface area contributed by atoms with Crippen LogP contribution in [-0.2, 0) is 42.9 Å². The number of esters is 1. The Morgan fingerprint density at radius 3 is 1.82 bits per heavy atom. The molecule has 0 spiro atoms. The fourth-order valence-corrected chi connectivity index (χ4v) is 4.85. The van der Waals surface area contributed by atoms with Crippen LogP contribution in [0.5, 0.6) is 5.75 Å². The molecule has 1 N–H and O–H groups in total. The van der Waals surface area contributed by atoms with E-state index in [1.165, 1.54) is 0 Å². The fraction of sp³-hybridized carbons (Fsp3) is 0.647. The summed E-state index contributed by atoms with van der Waals surface area (Å²) in [4.78, 5) is 42.8. The Kier molecular flexibility index (Phi) is 11.8. The highest BCUT2D eigenvalue weighted by Crippen LogP contribution is 2.40. The van der Waals surface area contributed by atoms with E-state index in [0.29, 0.717) is 29.7 Å². The molecule has 44 heavy (non-hydrogen) atoms. The number of hydrogen-bond donors (Lipinski definition) is 1. The van der Waals surface area contributed by atoms with Gasteiger partial charge in [0.25, 0.3) is 0 Å². The van der Waals surface area contributed by atoms with Crippen molar-refractivity contribution in [1.29, 1.82) is 0 Å². The first-order valence-electron chi connectivity index (χ1n) is 15.3. The molecule has 0 bridgehead atoms. The first-order valence-corrected chi connectivity index (χ1v) is 15.3. The van der Waals surface area contributed by atoms with E-state index in [9.17, 15) is 19.5 Å². The van der Waals surface area contributed by atoms with Crippen molar-refractivity contribution in [2.24, 2.45) is 10.4 Å². The van der Waals surface area contributed by atoms with E-state index in [0.717, 1.165) is 12.8 Å². The average molecular weight is 616 g/mol. The van der Waals surface area contributed by atoms with Crippen molar-refractivity contribution in [2.45, 2.75) is 125 Å². The lowest BCUT2D eigenvalue weighted by Crippen LogP contribution is -2.35. The number of amides is 1. The number of imidazole rings is 1. The van der Waals surface area contributed by atoms with Gasteiger partial charge in [-0.05, 0) is 63.0 Å². The van der Waals surface area contributed by atoms with Crippen molar-refractivity contribution in [3.63, 3.8) is 0 Å². The highest BCUT2D eigenvalue weighted by molar-refractivity contribution is 5.96. The van der Waals surface area contributed by atoms with E-state index in [-0.39, 0.29) is 29.3 Å². The van der Waals surface area contributed by atoms with Gasteiger partial charge >= 0.3 is 12.1 Å². The summed E-state index contributed by atoms with van der Waals surface area (Å²) >= 11 is 0. The summed E-state index contributed by atoms with van der Waals surface area (Å²) in [6.07, 6.45) is 4.78. The molecule has 2 rings (SSSR count). The van der Waals surface area contributed by atoms with E-state index in [2.05, 4.69) is 18.8 Å². The predicted octanol–water partition coefficient (Wildman–Crippen LogP) is 6.65. The Bertz CT molecular complexity index is 1350. The average Bonchev–Trinajstić information content (AvgIpc) is 3.28. The van der Waals surface area contributed by atoms with E-state index in [1.54, 1.807) is 61.5 Å². The molecule has 0 aliphatic rings. The monoisotopic (exact) mass is 615 g/mol. The van der Waals surface area contributed by atoms with Gasteiger partial charge < -0.3 is 28.5 Å². The fourth-order valence-electron chi connectivity index (χ4n) is 4.85. The highest BCUT2D eigenvalue weighted by Gasteiger charge is 2.29. The molecule has 1 amide bonds. The Hall–Kier alpha value is -3.40. The van der Waals surface area contributed by atoms with Gasteiger partial charge in [-0.3, -0.25) is 9.59 Å². The molecule has 0 atom stereocenters. The molecule has 0 unspecified atom stereocenters. The van der Waals surface area contributed by atoms with Gasteiger partial charge in [0.2, 0.25) is 12.4 Å². The summed E-state index contributed by atoms with van der Waals surface area (Å²) < 4.78 is 19.4. The SMILES string of the molecule is CCC(CC)(CCn1ccn(CC(=O)c2cc(C(C)(C)C)c(O)c(C(C)(C)C)c2)c1=NC(=O)OCOC(=O)C(C)(C)C)OC. The van der Waals surface area contributed by atoms with Gasteiger partial charge in [-0.15, -0.1) is 4.99 Å². The molecule has 0 saturated heterocycles. The third-order valence-corrected chi connectivity index (χ3v) is 8.01. The molecule has 1 aromatic carbocycles.